The Labute approximate surface area is 196 Å². The van der Waals surface area contributed by atoms with Crippen LogP contribution in [0.4, 0.5) is 5.13 Å². The molecule has 0 saturated carbocycles. The van der Waals surface area contributed by atoms with Crippen molar-refractivity contribution in [3.05, 3.63) is 100 Å². The number of benzene rings is 3. The average molecular weight is 476 g/mol. The highest BCUT2D eigenvalue weighted by molar-refractivity contribution is 7.89. The van der Waals surface area contributed by atoms with E-state index >= 15 is 0 Å². The fourth-order valence-corrected chi connectivity index (χ4v) is 6.02. The third kappa shape index (κ3) is 4.20. The van der Waals surface area contributed by atoms with Gasteiger partial charge in [0.15, 0.2) is 5.13 Å². The van der Waals surface area contributed by atoms with Crippen molar-refractivity contribution in [1.82, 2.24) is 9.29 Å². The summed E-state index contributed by atoms with van der Waals surface area (Å²) in [5.41, 5.74) is 4.55. The van der Waals surface area contributed by atoms with Crippen molar-refractivity contribution in [3.63, 3.8) is 0 Å². The Balaban J connectivity index is 1.28. The van der Waals surface area contributed by atoms with Gasteiger partial charge in [-0.1, -0.05) is 54.6 Å². The molecule has 0 saturated heterocycles. The highest BCUT2D eigenvalue weighted by Gasteiger charge is 2.24. The van der Waals surface area contributed by atoms with Gasteiger partial charge in [-0.3, -0.25) is 10.1 Å². The molecule has 1 aliphatic carbocycles. The summed E-state index contributed by atoms with van der Waals surface area (Å²) in [6.45, 7) is 0.267. The highest BCUT2D eigenvalue weighted by atomic mass is 32.2. The molecule has 3 aromatic carbocycles. The number of carbonyl (C=O) groups excluding carboxylic acids is 1. The predicted octanol–water partition coefficient (Wildman–Crippen LogP) is 4.79. The summed E-state index contributed by atoms with van der Waals surface area (Å²) in [4.78, 5) is 18.6. The number of aromatic nitrogens is 1. The van der Waals surface area contributed by atoms with Crippen LogP contribution in [0, 0.1) is 0 Å². The van der Waals surface area contributed by atoms with Crippen molar-refractivity contribution >= 4 is 32.4 Å². The van der Waals surface area contributed by atoms with E-state index in [1.807, 2.05) is 48.5 Å². The summed E-state index contributed by atoms with van der Waals surface area (Å²) in [5, 5.41) is 3.38. The van der Waals surface area contributed by atoms with Crippen molar-refractivity contribution in [3.8, 4) is 11.3 Å². The number of sulfonamides is 1. The number of nitrogens with one attached hydrogen (secondary N) is 1. The van der Waals surface area contributed by atoms with Crippen LogP contribution in [0.2, 0.25) is 0 Å². The number of hydrogen-bond acceptors (Lipinski definition) is 5. The molecular weight excluding hydrogens is 454 g/mol. The van der Waals surface area contributed by atoms with E-state index in [0.717, 1.165) is 28.1 Å². The molecule has 4 aromatic rings. The maximum absolute atomic E-state index is 12.9. The highest BCUT2D eigenvalue weighted by Crippen LogP contribution is 2.40. The van der Waals surface area contributed by atoms with Gasteiger partial charge < -0.3 is 0 Å². The Morgan fingerprint density at radius 1 is 1.00 bits per heavy atom. The standard InChI is InChI=1S/C25H21N3O3S2/c1-28(16-17-7-3-2-4-8-17)33(30,31)20-13-11-18(12-14-20)24(29)27-25-26-23-21-10-6-5-9-19(21)15-22(23)32-25/h2-14H,15-16H2,1H3,(H,26,27,29). The van der Waals surface area contributed by atoms with Gasteiger partial charge in [0, 0.05) is 36.0 Å². The number of thiazole rings is 1. The first-order valence-electron chi connectivity index (χ1n) is 10.4. The number of nitrogens with zero attached hydrogens (tertiary/aromatic N) is 2. The minimum atomic E-state index is -3.67. The lowest BCUT2D eigenvalue weighted by Crippen LogP contribution is -2.26. The minimum absolute atomic E-state index is 0.141. The Hall–Kier alpha value is -3.33. The van der Waals surface area contributed by atoms with Crippen LogP contribution in [0.5, 0.6) is 0 Å². The summed E-state index contributed by atoms with van der Waals surface area (Å²) < 4.78 is 27.1. The first-order chi connectivity index (χ1) is 15.9. The van der Waals surface area contributed by atoms with Crippen LogP contribution in [0.15, 0.2) is 83.8 Å². The van der Waals surface area contributed by atoms with Gasteiger partial charge in [0.2, 0.25) is 10.0 Å². The molecule has 33 heavy (non-hydrogen) atoms. The van der Waals surface area contributed by atoms with Crippen LogP contribution in [0.1, 0.15) is 26.4 Å². The molecule has 1 aromatic heterocycles. The predicted molar refractivity (Wildman–Crippen MR) is 130 cm³/mol. The summed E-state index contributed by atoms with van der Waals surface area (Å²) in [5.74, 6) is -0.322. The van der Waals surface area contributed by atoms with Crippen LogP contribution in [-0.4, -0.2) is 30.7 Å². The van der Waals surface area contributed by atoms with Gasteiger partial charge in [0.05, 0.1) is 10.6 Å². The summed E-state index contributed by atoms with van der Waals surface area (Å²) in [6.07, 6.45) is 0.822. The summed E-state index contributed by atoms with van der Waals surface area (Å²) in [7, 11) is -2.13. The lowest BCUT2D eigenvalue weighted by molar-refractivity contribution is 0.102. The molecule has 5 rings (SSSR count). The molecule has 0 radical (unpaired) electrons. The maximum Gasteiger partial charge on any atom is 0.257 e. The SMILES string of the molecule is CN(Cc1ccccc1)S(=O)(=O)c1ccc(C(=O)Nc2nc3c(s2)Cc2ccccc2-3)cc1. The molecule has 6 nitrogen and oxygen atoms in total. The van der Waals surface area contributed by atoms with Gasteiger partial charge >= 0.3 is 0 Å². The third-order valence-corrected chi connectivity index (χ3v) is 8.40. The van der Waals surface area contributed by atoms with Gasteiger partial charge in [-0.05, 0) is 35.4 Å². The normalized spacial score (nSPS) is 12.4. The molecule has 0 fully saturated rings. The second-order valence-electron chi connectivity index (χ2n) is 7.85. The molecule has 1 N–H and O–H groups in total. The lowest BCUT2D eigenvalue weighted by Gasteiger charge is -2.17. The van der Waals surface area contributed by atoms with Crippen LogP contribution < -0.4 is 5.32 Å². The van der Waals surface area contributed by atoms with E-state index in [4.69, 9.17) is 0 Å². The lowest BCUT2D eigenvalue weighted by atomic mass is 10.1. The molecule has 8 heteroatoms. The number of anilines is 1. The zero-order valence-electron chi connectivity index (χ0n) is 17.9. The quantitative estimate of drug-likeness (QED) is 0.383. The van der Waals surface area contributed by atoms with E-state index in [1.165, 1.54) is 45.5 Å². The third-order valence-electron chi connectivity index (χ3n) is 5.61. The van der Waals surface area contributed by atoms with Gasteiger partial charge in [-0.15, -0.1) is 11.3 Å². The molecule has 1 aliphatic rings. The van der Waals surface area contributed by atoms with Crippen molar-refractivity contribution in [1.29, 1.82) is 0 Å². The first-order valence-corrected chi connectivity index (χ1v) is 12.7. The average Bonchev–Trinajstić information content (AvgIpc) is 3.37. The molecule has 0 aliphatic heterocycles. The molecule has 1 amide bonds. The summed E-state index contributed by atoms with van der Waals surface area (Å²) >= 11 is 1.47. The van der Waals surface area contributed by atoms with Crippen LogP contribution in [0.25, 0.3) is 11.3 Å². The second-order valence-corrected chi connectivity index (χ2v) is 11.0. The van der Waals surface area contributed by atoms with Crippen molar-refractivity contribution in [2.45, 2.75) is 17.9 Å². The molecule has 0 bridgehead atoms. The summed E-state index contributed by atoms with van der Waals surface area (Å²) in [6, 6.07) is 23.5. The number of carbonyl (C=O) groups is 1. The molecule has 166 valence electrons. The number of fused-ring (bicyclic) bond motifs is 3. The monoisotopic (exact) mass is 475 g/mol. The van der Waals surface area contributed by atoms with Crippen LogP contribution in [0.3, 0.4) is 0 Å². The Kier molecular flexibility index (Phi) is 5.57. The van der Waals surface area contributed by atoms with Crippen molar-refractivity contribution < 1.29 is 13.2 Å². The molecule has 0 atom stereocenters. The Bertz CT molecular complexity index is 1430. The van der Waals surface area contributed by atoms with Crippen LogP contribution in [-0.2, 0) is 23.0 Å². The van der Waals surface area contributed by atoms with Crippen molar-refractivity contribution in [2.75, 3.05) is 12.4 Å². The second kappa shape index (κ2) is 8.55. The molecule has 0 spiro atoms. The Morgan fingerprint density at radius 2 is 1.70 bits per heavy atom. The van der Waals surface area contributed by atoms with Gasteiger partial charge in [-0.25, -0.2) is 13.4 Å². The van der Waals surface area contributed by atoms with E-state index in [9.17, 15) is 13.2 Å². The zero-order chi connectivity index (χ0) is 23.0. The molecule has 0 unspecified atom stereocenters. The number of hydrogen-bond donors (Lipinski definition) is 1. The van der Waals surface area contributed by atoms with E-state index in [-0.39, 0.29) is 17.3 Å². The van der Waals surface area contributed by atoms with Gasteiger partial charge in [0.25, 0.3) is 5.91 Å². The van der Waals surface area contributed by atoms with Crippen LogP contribution >= 0.6 is 11.3 Å². The van der Waals surface area contributed by atoms with E-state index in [2.05, 4.69) is 16.4 Å². The molecule has 1 heterocycles. The fraction of sp³-hybridized carbons (Fsp3) is 0.120. The smallest absolute Gasteiger partial charge is 0.257 e. The van der Waals surface area contributed by atoms with E-state index < -0.39 is 10.0 Å². The van der Waals surface area contributed by atoms with Gasteiger partial charge in [0.1, 0.15) is 0 Å². The first kappa shape index (κ1) is 21.5. The van der Waals surface area contributed by atoms with Crippen molar-refractivity contribution in [2.24, 2.45) is 0 Å². The minimum Gasteiger partial charge on any atom is -0.298 e. The topological polar surface area (TPSA) is 79.4 Å². The fourth-order valence-electron chi connectivity index (χ4n) is 3.87. The maximum atomic E-state index is 12.9. The zero-order valence-corrected chi connectivity index (χ0v) is 19.5. The van der Waals surface area contributed by atoms with E-state index in [0.29, 0.717) is 10.7 Å². The Morgan fingerprint density at radius 3 is 2.45 bits per heavy atom. The molecular formula is C25H21N3O3S2. The number of amides is 1. The number of rotatable bonds is 6. The largest absolute Gasteiger partial charge is 0.298 e. The van der Waals surface area contributed by atoms with Gasteiger partial charge in [-0.2, -0.15) is 4.31 Å². The van der Waals surface area contributed by atoms with E-state index in [1.54, 1.807) is 7.05 Å².